The summed E-state index contributed by atoms with van der Waals surface area (Å²) in [6, 6.07) is 0. The average Bonchev–Trinajstić information content (AvgIpc) is 2.62. The first-order valence-electron chi connectivity index (χ1n) is 5.77. The topological polar surface area (TPSA) is 26.3 Å². The smallest absolute Gasteiger partial charge is 0.133 e. The van der Waals surface area contributed by atoms with Crippen molar-refractivity contribution in [1.29, 1.82) is 0 Å². The molecule has 0 N–H and O–H groups in total. The van der Waals surface area contributed by atoms with Gasteiger partial charge in [0, 0.05) is 26.6 Å². The van der Waals surface area contributed by atoms with E-state index < -0.39 is 0 Å². The minimum atomic E-state index is 0.449. The zero-order chi connectivity index (χ0) is 10.0. The molecule has 2 nitrogen and oxygen atoms in total. The maximum atomic E-state index is 11.4. The first-order valence-corrected chi connectivity index (χ1v) is 5.77. The van der Waals surface area contributed by atoms with Gasteiger partial charge in [-0.25, -0.2) is 0 Å². The molecule has 2 heteroatoms. The fourth-order valence-electron chi connectivity index (χ4n) is 3.36. The molecule has 0 heterocycles. The molecule has 1 unspecified atom stereocenters. The number of carbonyl (C=O) groups is 1. The predicted octanol–water partition coefficient (Wildman–Crippen LogP) is 2.56. The number of hydrogen-bond donors (Lipinski definition) is 0. The van der Waals surface area contributed by atoms with Gasteiger partial charge >= 0.3 is 0 Å². The molecule has 1 atom stereocenters. The summed E-state index contributed by atoms with van der Waals surface area (Å²) in [7, 11) is 1.75. The van der Waals surface area contributed by atoms with Crippen molar-refractivity contribution < 1.29 is 9.53 Å². The normalized spacial score (nSPS) is 31.2. The van der Waals surface area contributed by atoms with E-state index in [1.165, 1.54) is 25.7 Å². The molecule has 0 radical (unpaired) electrons. The van der Waals surface area contributed by atoms with Gasteiger partial charge in [0.25, 0.3) is 0 Å². The standard InChI is InChI=1S/C12H20O2/c1-14-9-10-8-11(13)4-7-12(10)5-2-3-6-12/h10H,2-9H2,1H3. The van der Waals surface area contributed by atoms with Gasteiger partial charge in [-0.2, -0.15) is 0 Å². The van der Waals surface area contributed by atoms with E-state index in [4.69, 9.17) is 4.74 Å². The van der Waals surface area contributed by atoms with E-state index in [1.54, 1.807) is 7.11 Å². The third-order valence-electron chi connectivity index (χ3n) is 4.21. The molecular formula is C12H20O2. The first kappa shape index (κ1) is 10.2. The largest absolute Gasteiger partial charge is 0.384 e. The summed E-state index contributed by atoms with van der Waals surface area (Å²) in [5.41, 5.74) is 0.476. The number of ether oxygens (including phenoxy) is 1. The zero-order valence-electron chi connectivity index (χ0n) is 9.05. The molecular weight excluding hydrogens is 176 g/mol. The minimum absolute atomic E-state index is 0.449. The summed E-state index contributed by atoms with van der Waals surface area (Å²) in [5, 5.41) is 0. The van der Waals surface area contributed by atoms with Crippen LogP contribution in [-0.4, -0.2) is 19.5 Å². The van der Waals surface area contributed by atoms with Crippen LogP contribution in [0.3, 0.4) is 0 Å². The molecule has 0 aromatic carbocycles. The quantitative estimate of drug-likeness (QED) is 0.678. The molecule has 2 aliphatic carbocycles. The highest BCUT2D eigenvalue weighted by atomic mass is 16.5. The van der Waals surface area contributed by atoms with Crippen molar-refractivity contribution in [3.63, 3.8) is 0 Å². The van der Waals surface area contributed by atoms with Gasteiger partial charge < -0.3 is 4.74 Å². The maximum absolute atomic E-state index is 11.4. The van der Waals surface area contributed by atoms with Gasteiger partial charge in [-0.3, -0.25) is 4.79 Å². The predicted molar refractivity (Wildman–Crippen MR) is 55.1 cm³/mol. The summed E-state index contributed by atoms with van der Waals surface area (Å²) in [5.74, 6) is 0.959. The van der Waals surface area contributed by atoms with E-state index >= 15 is 0 Å². The Bertz CT molecular complexity index is 216. The van der Waals surface area contributed by atoms with Gasteiger partial charge in [0.15, 0.2) is 0 Å². The van der Waals surface area contributed by atoms with Crippen LogP contribution in [0, 0.1) is 11.3 Å². The van der Waals surface area contributed by atoms with E-state index in [9.17, 15) is 4.79 Å². The number of hydrogen-bond acceptors (Lipinski definition) is 2. The van der Waals surface area contributed by atoms with E-state index in [0.717, 1.165) is 25.9 Å². The van der Waals surface area contributed by atoms with Gasteiger partial charge in [-0.1, -0.05) is 12.8 Å². The summed E-state index contributed by atoms with van der Waals surface area (Å²) < 4.78 is 5.26. The monoisotopic (exact) mass is 196 g/mol. The van der Waals surface area contributed by atoms with Gasteiger partial charge in [-0.05, 0) is 30.6 Å². The number of rotatable bonds is 2. The van der Waals surface area contributed by atoms with Crippen LogP contribution < -0.4 is 0 Å². The molecule has 80 valence electrons. The third-order valence-corrected chi connectivity index (χ3v) is 4.21. The lowest BCUT2D eigenvalue weighted by Gasteiger charge is -2.40. The molecule has 0 aliphatic heterocycles. The van der Waals surface area contributed by atoms with Crippen molar-refractivity contribution >= 4 is 5.78 Å². The van der Waals surface area contributed by atoms with Crippen molar-refractivity contribution in [2.24, 2.45) is 11.3 Å². The summed E-state index contributed by atoms with van der Waals surface area (Å²) in [6.45, 7) is 0.783. The summed E-state index contributed by atoms with van der Waals surface area (Å²) in [4.78, 5) is 11.4. The van der Waals surface area contributed by atoms with Crippen molar-refractivity contribution in [2.45, 2.75) is 44.9 Å². The number of ketones is 1. The molecule has 2 aliphatic rings. The molecule has 2 saturated carbocycles. The van der Waals surface area contributed by atoms with E-state index in [0.29, 0.717) is 17.1 Å². The van der Waals surface area contributed by atoms with Gasteiger partial charge in [0.2, 0.25) is 0 Å². The van der Waals surface area contributed by atoms with Gasteiger partial charge in [-0.15, -0.1) is 0 Å². The Balaban J connectivity index is 2.08. The highest BCUT2D eigenvalue weighted by Crippen LogP contribution is 2.51. The zero-order valence-corrected chi connectivity index (χ0v) is 9.05. The molecule has 2 rings (SSSR count). The Labute approximate surface area is 86.0 Å². The number of Topliss-reactive ketones (excluding diaryl/α,β-unsaturated/α-hetero) is 1. The van der Waals surface area contributed by atoms with Crippen molar-refractivity contribution in [2.75, 3.05) is 13.7 Å². The molecule has 0 aromatic heterocycles. The van der Waals surface area contributed by atoms with E-state index in [-0.39, 0.29) is 0 Å². The molecule has 1 spiro atoms. The Kier molecular flexibility index (Phi) is 2.91. The van der Waals surface area contributed by atoms with Gasteiger partial charge in [0.1, 0.15) is 5.78 Å². The summed E-state index contributed by atoms with van der Waals surface area (Å²) >= 11 is 0. The molecule has 0 saturated heterocycles. The van der Waals surface area contributed by atoms with Crippen molar-refractivity contribution in [3.05, 3.63) is 0 Å². The van der Waals surface area contributed by atoms with E-state index in [1.807, 2.05) is 0 Å². The highest BCUT2D eigenvalue weighted by molar-refractivity contribution is 5.79. The second-order valence-electron chi connectivity index (χ2n) is 4.96. The minimum Gasteiger partial charge on any atom is -0.384 e. The highest BCUT2D eigenvalue weighted by Gasteiger charge is 2.44. The molecule has 2 fully saturated rings. The Morgan fingerprint density at radius 2 is 2.07 bits per heavy atom. The number of methoxy groups -OCH3 is 1. The lowest BCUT2D eigenvalue weighted by atomic mass is 9.65. The van der Waals surface area contributed by atoms with Crippen LogP contribution in [0.4, 0.5) is 0 Å². The Morgan fingerprint density at radius 1 is 1.36 bits per heavy atom. The van der Waals surface area contributed by atoms with Crippen LogP contribution in [0.2, 0.25) is 0 Å². The van der Waals surface area contributed by atoms with Crippen LogP contribution in [0.15, 0.2) is 0 Å². The second kappa shape index (κ2) is 4.01. The third kappa shape index (κ3) is 1.72. The van der Waals surface area contributed by atoms with Crippen molar-refractivity contribution in [3.8, 4) is 0 Å². The molecule has 14 heavy (non-hydrogen) atoms. The van der Waals surface area contributed by atoms with Crippen LogP contribution in [0.1, 0.15) is 44.9 Å². The van der Waals surface area contributed by atoms with Crippen LogP contribution in [0.5, 0.6) is 0 Å². The fourth-order valence-corrected chi connectivity index (χ4v) is 3.36. The second-order valence-corrected chi connectivity index (χ2v) is 4.96. The van der Waals surface area contributed by atoms with E-state index in [2.05, 4.69) is 0 Å². The molecule has 0 amide bonds. The summed E-state index contributed by atoms with van der Waals surface area (Å²) in [6.07, 6.45) is 8.08. The van der Waals surface area contributed by atoms with Gasteiger partial charge in [0.05, 0.1) is 0 Å². The van der Waals surface area contributed by atoms with Crippen molar-refractivity contribution in [1.82, 2.24) is 0 Å². The van der Waals surface area contributed by atoms with Crippen LogP contribution in [-0.2, 0) is 9.53 Å². The lowest BCUT2D eigenvalue weighted by Crippen LogP contribution is -2.37. The maximum Gasteiger partial charge on any atom is 0.133 e. The Hall–Kier alpha value is -0.370. The molecule has 0 bridgehead atoms. The molecule has 0 aromatic rings. The SMILES string of the molecule is COCC1CC(=O)CCC12CCCC2. The average molecular weight is 196 g/mol. The van der Waals surface area contributed by atoms with Crippen LogP contribution >= 0.6 is 0 Å². The fraction of sp³-hybridized carbons (Fsp3) is 0.917. The Morgan fingerprint density at radius 3 is 2.71 bits per heavy atom. The van der Waals surface area contributed by atoms with Crippen LogP contribution in [0.25, 0.3) is 0 Å². The lowest BCUT2D eigenvalue weighted by molar-refractivity contribution is -0.126. The number of carbonyl (C=O) groups excluding carboxylic acids is 1. The first-order chi connectivity index (χ1) is 6.77.